The Morgan fingerprint density at radius 1 is 1.07 bits per heavy atom. The van der Waals surface area contributed by atoms with E-state index in [-0.39, 0.29) is 0 Å². The van der Waals surface area contributed by atoms with Gasteiger partial charge in [-0.3, -0.25) is 0 Å². The van der Waals surface area contributed by atoms with Crippen molar-refractivity contribution in [3.05, 3.63) is 69.6 Å². The van der Waals surface area contributed by atoms with Crippen LogP contribution < -0.4 is 5.32 Å². The third-order valence-corrected chi connectivity index (χ3v) is 9.72. The molecule has 0 fully saturated rings. The van der Waals surface area contributed by atoms with Crippen LogP contribution in [0.2, 0.25) is 0 Å². The molecular formula is C24H25NO2S3. The van der Waals surface area contributed by atoms with E-state index in [0.717, 1.165) is 11.3 Å². The van der Waals surface area contributed by atoms with E-state index in [0.29, 0.717) is 5.92 Å². The van der Waals surface area contributed by atoms with Gasteiger partial charge in [-0.2, -0.15) is 0 Å². The highest BCUT2D eigenvalue weighted by atomic mass is 32.2. The van der Waals surface area contributed by atoms with Gasteiger partial charge in [-0.15, -0.1) is 0 Å². The first kappa shape index (κ1) is 20.6. The monoisotopic (exact) mass is 455 g/mol. The molecule has 0 aromatic heterocycles. The molecule has 156 valence electrons. The average molecular weight is 456 g/mol. The number of aliphatic hydroxyl groups is 1. The summed E-state index contributed by atoms with van der Waals surface area (Å²) in [6, 6.07) is 15.1. The predicted octanol–water partition coefficient (Wildman–Crippen LogP) is 7.17. The number of anilines is 1. The second-order valence-corrected chi connectivity index (χ2v) is 11.8. The molecule has 1 aliphatic carbocycles. The van der Waals surface area contributed by atoms with Crippen LogP contribution in [0.5, 0.6) is 0 Å². The number of hydrogen-bond donors (Lipinski definition) is 2. The second-order valence-electron chi connectivity index (χ2n) is 8.86. The van der Waals surface area contributed by atoms with Crippen LogP contribution in [0.25, 0.3) is 0 Å². The fraction of sp³-hybridized carbons (Fsp3) is 0.333. The topological polar surface area (TPSA) is 41.5 Å². The molecule has 0 saturated carbocycles. The molecule has 2 N–H and O–H groups in total. The van der Waals surface area contributed by atoms with Crippen LogP contribution in [0.15, 0.2) is 78.7 Å². The van der Waals surface area contributed by atoms with Crippen molar-refractivity contribution >= 4 is 41.3 Å². The van der Waals surface area contributed by atoms with Crippen molar-refractivity contribution in [1.29, 1.82) is 0 Å². The molecule has 2 aliphatic heterocycles. The summed E-state index contributed by atoms with van der Waals surface area (Å²) < 4.78 is 6.02. The van der Waals surface area contributed by atoms with Gasteiger partial charge in [0, 0.05) is 53.8 Å². The van der Waals surface area contributed by atoms with E-state index in [1.165, 1.54) is 48.6 Å². The van der Waals surface area contributed by atoms with Gasteiger partial charge in [0.15, 0.2) is 0 Å². The lowest BCUT2D eigenvalue weighted by molar-refractivity contribution is -0.0813. The van der Waals surface area contributed by atoms with E-state index in [2.05, 4.69) is 53.9 Å². The maximum absolute atomic E-state index is 10.3. The number of hydrogen-bond acceptors (Lipinski definition) is 6. The number of benzene rings is 2. The summed E-state index contributed by atoms with van der Waals surface area (Å²) in [7, 11) is 0. The van der Waals surface area contributed by atoms with Crippen LogP contribution in [0.4, 0.5) is 5.69 Å². The highest BCUT2D eigenvalue weighted by Gasteiger charge is 2.38. The maximum Gasteiger partial charge on any atom is 0.106 e. The van der Waals surface area contributed by atoms with Crippen molar-refractivity contribution in [3.63, 3.8) is 0 Å². The fourth-order valence-electron chi connectivity index (χ4n) is 3.59. The lowest BCUT2D eigenvalue weighted by Gasteiger charge is -2.35. The molecule has 0 radical (unpaired) electrons. The molecule has 0 saturated heterocycles. The average Bonchev–Trinajstić information content (AvgIpc) is 3.08. The molecule has 0 spiro atoms. The van der Waals surface area contributed by atoms with E-state index < -0.39 is 11.2 Å². The van der Waals surface area contributed by atoms with Crippen LogP contribution in [0.3, 0.4) is 0 Å². The SMILES string of the molecule is CC(C)(O)C(C)(C)OSc1ccc2c(c1)C1CC=C3Sc4ccccc4SC3=C1N2. The molecule has 2 aromatic rings. The zero-order valence-corrected chi connectivity index (χ0v) is 19.9. The Labute approximate surface area is 191 Å². The predicted molar refractivity (Wildman–Crippen MR) is 128 cm³/mol. The van der Waals surface area contributed by atoms with Crippen LogP contribution in [-0.4, -0.2) is 16.3 Å². The van der Waals surface area contributed by atoms with Crippen molar-refractivity contribution in [2.45, 2.75) is 65.9 Å². The minimum atomic E-state index is -0.924. The molecule has 3 aliphatic rings. The smallest absolute Gasteiger partial charge is 0.106 e. The van der Waals surface area contributed by atoms with Crippen LogP contribution in [-0.2, 0) is 4.18 Å². The highest BCUT2D eigenvalue weighted by molar-refractivity contribution is 8.11. The van der Waals surface area contributed by atoms with Crippen LogP contribution in [0.1, 0.15) is 45.6 Å². The molecule has 0 amide bonds. The zero-order chi connectivity index (χ0) is 21.1. The molecule has 1 unspecified atom stereocenters. The Kier molecular flexibility index (Phi) is 5.07. The molecule has 1 atom stereocenters. The van der Waals surface area contributed by atoms with Gasteiger partial charge in [0.05, 0.1) is 5.60 Å². The Bertz CT molecular complexity index is 1080. The lowest BCUT2D eigenvalue weighted by Crippen LogP contribution is -2.45. The number of allylic oxidation sites excluding steroid dienone is 2. The lowest BCUT2D eigenvalue weighted by atomic mass is 9.90. The Balaban J connectivity index is 1.41. The minimum Gasteiger partial charge on any atom is -0.387 e. The van der Waals surface area contributed by atoms with Crippen molar-refractivity contribution in [3.8, 4) is 0 Å². The summed E-state index contributed by atoms with van der Waals surface area (Å²) >= 11 is 5.10. The van der Waals surface area contributed by atoms with Crippen LogP contribution >= 0.6 is 35.6 Å². The van der Waals surface area contributed by atoms with Crippen molar-refractivity contribution < 1.29 is 9.29 Å². The summed E-state index contributed by atoms with van der Waals surface area (Å²) in [6.45, 7) is 7.40. The molecule has 5 rings (SSSR count). The Morgan fingerprint density at radius 2 is 1.80 bits per heavy atom. The Hall–Kier alpha value is -1.31. The van der Waals surface area contributed by atoms with E-state index >= 15 is 0 Å². The molecule has 30 heavy (non-hydrogen) atoms. The summed E-state index contributed by atoms with van der Waals surface area (Å²) in [5.41, 5.74) is 2.26. The van der Waals surface area contributed by atoms with Gasteiger partial charge in [-0.05, 0) is 70.0 Å². The highest BCUT2D eigenvalue weighted by Crippen LogP contribution is 2.57. The molecular weight excluding hydrogens is 430 g/mol. The van der Waals surface area contributed by atoms with Crippen molar-refractivity contribution in [2.24, 2.45) is 0 Å². The van der Waals surface area contributed by atoms with Crippen LogP contribution in [0, 0.1) is 0 Å². The van der Waals surface area contributed by atoms with Gasteiger partial charge in [-0.1, -0.05) is 41.7 Å². The minimum absolute atomic E-state index is 0.361. The van der Waals surface area contributed by atoms with Gasteiger partial charge < -0.3 is 14.6 Å². The third-order valence-electron chi connectivity index (χ3n) is 6.12. The normalized spacial score (nSPS) is 20.0. The zero-order valence-electron chi connectivity index (χ0n) is 17.5. The first-order valence-corrected chi connectivity index (χ1v) is 12.5. The summed E-state index contributed by atoms with van der Waals surface area (Å²) in [6.07, 6.45) is 3.40. The van der Waals surface area contributed by atoms with Gasteiger partial charge in [0.1, 0.15) is 5.60 Å². The Morgan fingerprint density at radius 3 is 2.53 bits per heavy atom. The summed E-state index contributed by atoms with van der Waals surface area (Å²) in [5, 5.41) is 14.1. The van der Waals surface area contributed by atoms with Gasteiger partial charge in [0.2, 0.25) is 0 Å². The van der Waals surface area contributed by atoms with E-state index in [4.69, 9.17) is 4.18 Å². The van der Waals surface area contributed by atoms with E-state index in [1.807, 2.05) is 37.4 Å². The standard InChI is InChI=1S/C24H25NO2S3/c1-23(2,26)24(3,4)27-30-14-9-11-17-16(13-14)15-10-12-20-22(21(15)25-17)29-19-8-6-5-7-18(19)28-20/h5-9,11-13,15,25-26H,10H2,1-4H3. The fourth-order valence-corrected chi connectivity index (χ4v) is 6.85. The number of fused-ring (bicyclic) bond motifs is 5. The van der Waals surface area contributed by atoms with Gasteiger partial charge in [-0.25, -0.2) is 0 Å². The molecule has 3 nitrogen and oxygen atoms in total. The quantitative estimate of drug-likeness (QED) is 0.477. The molecule has 6 heteroatoms. The third kappa shape index (κ3) is 3.53. The van der Waals surface area contributed by atoms with Gasteiger partial charge in [0.25, 0.3) is 0 Å². The number of thioether (sulfide) groups is 2. The van der Waals surface area contributed by atoms with Crippen molar-refractivity contribution in [1.82, 2.24) is 0 Å². The number of rotatable bonds is 4. The van der Waals surface area contributed by atoms with E-state index in [9.17, 15) is 5.11 Å². The second kappa shape index (κ2) is 7.38. The molecule has 2 aromatic carbocycles. The first-order valence-electron chi connectivity index (χ1n) is 10.1. The van der Waals surface area contributed by atoms with Gasteiger partial charge >= 0.3 is 0 Å². The summed E-state index contributed by atoms with van der Waals surface area (Å²) in [4.78, 5) is 6.47. The first-order chi connectivity index (χ1) is 14.2. The molecule has 0 bridgehead atoms. The summed E-state index contributed by atoms with van der Waals surface area (Å²) in [5.74, 6) is 0.361. The number of nitrogens with one attached hydrogen (secondary N) is 1. The maximum atomic E-state index is 10.3. The largest absolute Gasteiger partial charge is 0.387 e. The van der Waals surface area contributed by atoms with E-state index in [1.54, 1.807) is 13.8 Å². The molecule has 2 heterocycles. The van der Waals surface area contributed by atoms with Crippen molar-refractivity contribution in [2.75, 3.05) is 5.32 Å².